The third-order valence-electron chi connectivity index (χ3n) is 4.01. The number of hydrogen-bond acceptors (Lipinski definition) is 4. The molecule has 0 atom stereocenters. The SMILES string of the molecule is COc1ccc(NC(=O)COc2cccc(N3CCCC3=O)c2)cc1Cl. The average Bonchev–Trinajstić information content (AvgIpc) is 3.06. The van der Waals surface area contributed by atoms with Gasteiger partial charge in [-0.2, -0.15) is 0 Å². The van der Waals surface area contributed by atoms with E-state index in [0.29, 0.717) is 35.2 Å². The van der Waals surface area contributed by atoms with Crippen molar-refractivity contribution < 1.29 is 19.1 Å². The predicted molar refractivity (Wildman–Crippen MR) is 100 cm³/mol. The molecule has 26 heavy (non-hydrogen) atoms. The Morgan fingerprint density at radius 3 is 2.81 bits per heavy atom. The summed E-state index contributed by atoms with van der Waals surface area (Å²) in [4.78, 5) is 25.6. The van der Waals surface area contributed by atoms with Gasteiger partial charge < -0.3 is 19.7 Å². The second-order valence-electron chi connectivity index (χ2n) is 5.83. The van der Waals surface area contributed by atoms with Crippen LogP contribution in [0.15, 0.2) is 42.5 Å². The fourth-order valence-corrected chi connectivity index (χ4v) is 3.01. The third kappa shape index (κ3) is 4.26. The standard InChI is InChI=1S/C19H19ClN2O4/c1-25-17-8-7-13(10-16(17)20)21-18(23)12-26-15-5-2-4-14(11-15)22-9-3-6-19(22)24/h2,4-5,7-8,10-11H,3,6,9,12H2,1H3,(H,21,23). The van der Waals surface area contributed by atoms with Crippen LogP contribution in [0.2, 0.25) is 5.02 Å². The van der Waals surface area contributed by atoms with Crippen molar-refractivity contribution in [2.75, 3.05) is 30.5 Å². The number of rotatable bonds is 6. The van der Waals surface area contributed by atoms with Crippen LogP contribution in [-0.4, -0.2) is 32.1 Å². The maximum Gasteiger partial charge on any atom is 0.262 e. The molecule has 1 saturated heterocycles. The van der Waals surface area contributed by atoms with Crippen LogP contribution >= 0.6 is 11.6 Å². The van der Waals surface area contributed by atoms with Gasteiger partial charge in [-0.1, -0.05) is 17.7 Å². The topological polar surface area (TPSA) is 67.9 Å². The summed E-state index contributed by atoms with van der Waals surface area (Å²) in [7, 11) is 1.52. The molecule has 1 aliphatic heterocycles. The molecule has 1 N–H and O–H groups in total. The molecule has 0 aromatic heterocycles. The van der Waals surface area contributed by atoms with E-state index in [0.717, 1.165) is 12.1 Å². The number of carbonyl (C=O) groups excluding carboxylic acids is 2. The fourth-order valence-electron chi connectivity index (χ4n) is 2.75. The predicted octanol–water partition coefficient (Wildman–Crippen LogP) is 3.49. The van der Waals surface area contributed by atoms with Crippen LogP contribution in [0.25, 0.3) is 0 Å². The first-order chi connectivity index (χ1) is 12.6. The van der Waals surface area contributed by atoms with Crippen molar-refractivity contribution in [1.82, 2.24) is 0 Å². The molecule has 6 nitrogen and oxygen atoms in total. The molecule has 0 bridgehead atoms. The van der Waals surface area contributed by atoms with Crippen LogP contribution in [-0.2, 0) is 9.59 Å². The van der Waals surface area contributed by atoms with E-state index in [2.05, 4.69) is 5.32 Å². The Balaban J connectivity index is 1.57. The highest BCUT2D eigenvalue weighted by molar-refractivity contribution is 6.32. The molecule has 1 aliphatic rings. The summed E-state index contributed by atoms with van der Waals surface area (Å²) < 4.78 is 10.6. The summed E-state index contributed by atoms with van der Waals surface area (Å²) in [5.74, 6) is 0.865. The lowest BCUT2D eigenvalue weighted by Gasteiger charge is -2.16. The van der Waals surface area contributed by atoms with Gasteiger partial charge >= 0.3 is 0 Å². The van der Waals surface area contributed by atoms with Gasteiger partial charge in [0.15, 0.2) is 6.61 Å². The van der Waals surface area contributed by atoms with Crippen molar-refractivity contribution >= 4 is 34.8 Å². The zero-order chi connectivity index (χ0) is 18.5. The Morgan fingerprint density at radius 1 is 1.27 bits per heavy atom. The molecule has 0 spiro atoms. The summed E-state index contributed by atoms with van der Waals surface area (Å²) in [6, 6.07) is 12.2. The zero-order valence-corrected chi connectivity index (χ0v) is 15.1. The summed E-state index contributed by atoms with van der Waals surface area (Å²) >= 11 is 6.04. The molecule has 0 saturated carbocycles. The summed E-state index contributed by atoms with van der Waals surface area (Å²) in [6.45, 7) is 0.558. The molecule has 1 fully saturated rings. The number of anilines is 2. The maximum absolute atomic E-state index is 12.1. The number of hydrogen-bond donors (Lipinski definition) is 1. The lowest BCUT2D eigenvalue weighted by atomic mass is 10.3. The Kier molecular flexibility index (Phi) is 5.63. The number of amides is 2. The van der Waals surface area contributed by atoms with Gasteiger partial charge in [-0.15, -0.1) is 0 Å². The van der Waals surface area contributed by atoms with Crippen LogP contribution in [0.5, 0.6) is 11.5 Å². The average molecular weight is 375 g/mol. The van der Waals surface area contributed by atoms with Crippen LogP contribution in [0.1, 0.15) is 12.8 Å². The highest BCUT2D eigenvalue weighted by Gasteiger charge is 2.21. The van der Waals surface area contributed by atoms with E-state index in [1.807, 2.05) is 6.07 Å². The highest BCUT2D eigenvalue weighted by atomic mass is 35.5. The molecule has 2 amide bonds. The molecule has 0 radical (unpaired) electrons. The van der Waals surface area contributed by atoms with E-state index in [9.17, 15) is 9.59 Å². The first-order valence-electron chi connectivity index (χ1n) is 8.23. The van der Waals surface area contributed by atoms with E-state index in [1.165, 1.54) is 7.11 Å². The van der Waals surface area contributed by atoms with Gasteiger partial charge in [0.05, 0.1) is 12.1 Å². The Labute approximate surface area is 156 Å². The van der Waals surface area contributed by atoms with Crippen LogP contribution in [0, 0.1) is 0 Å². The minimum Gasteiger partial charge on any atom is -0.495 e. The van der Waals surface area contributed by atoms with Gasteiger partial charge in [-0.3, -0.25) is 9.59 Å². The Hall–Kier alpha value is -2.73. The maximum atomic E-state index is 12.1. The molecule has 3 rings (SSSR count). The quantitative estimate of drug-likeness (QED) is 0.840. The van der Waals surface area contributed by atoms with E-state index in [-0.39, 0.29) is 18.4 Å². The van der Waals surface area contributed by atoms with Gasteiger partial charge in [0.1, 0.15) is 11.5 Å². The lowest BCUT2D eigenvalue weighted by Crippen LogP contribution is -2.24. The normalized spacial score (nSPS) is 13.6. The Morgan fingerprint density at radius 2 is 2.12 bits per heavy atom. The van der Waals surface area contributed by atoms with Gasteiger partial charge in [-0.25, -0.2) is 0 Å². The molecular formula is C19H19ClN2O4. The number of nitrogens with zero attached hydrogens (tertiary/aromatic N) is 1. The Bertz CT molecular complexity index is 825. The summed E-state index contributed by atoms with van der Waals surface area (Å²) in [5, 5.41) is 3.12. The number of carbonyl (C=O) groups is 2. The number of nitrogens with one attached hydrogen (secondary N) is 1. The molecule has 1 heterocycles. The zero-order valence-electron chi connectivity index (χ0n) is 14.3. The molecular weight excluding hydrogens is 356 g/mol. The minimum atomic E-state index is -0.311. The largest absolute Gasteiger partial charge is 0.495 e. The first-order valence-corrected chi connectivity index (χ1v) is 8.61. The van der Waals surface area contributed by atoms with Gasteiger partial charge in [0, 0.05) is 30.4 Å². The van der Waals surface area contributed by atoms with E-state index in [4.69, 9.17) is 21.1 Å². The van der Waals surface area contributed by atoms with Gasteiger partial charge in [-0.05, 0) is 36.8 Å². The van der Waals surface area contributed by atoms with Crippen molar-refractivity contribution in [3.63, 3.8) is 0 Å². The minimum absolute atomic E-state index is 0.108. The van der Waals surface area contributed by atoms with Crippen molar-refractivity contribution in [3.05, 3.63) is 47.5 Å². The van der Waals surface area contributed by atoms with Crippen LogP contribution in [0.4, 0.5) is 11.4 Å². The van der Waals surface area contributed by atoms with Crippen molar-refractivity contribution in [2.45, 2.75) is 12.8 Å². The number of methoxy groups -OCH3 is 1. The second-order valence-corrected chi connectivity index (χ2v) is 6.24. The van der Waals surface area contributed by atoms with E-state index < -0.39 is 0 Å². The van der Waals surface area contributed by atoms with E-state index >= 15 is 0 Å². The third-order valence-corrected chi connectivity index (χ3v) is 4.30. The van der Waals surface area contributed by atoms with Gasteiger partial charge in [0.2, 0.25) is 5.91 Å². The number of halogens is 1. The van der Waals surface area contributed by atoms with E-state index in [1.54, 1.807) is 41.3 Å². The van der Waals surface area contributed by atoms with Crippen LogP contribution in [0.3, 0.4) is 0 Å². The summed E-state index contributed by atoms with van der Waals surface area (Å²) in [5.41, 5.74) is 1.34. The van der Waals surface area contributed by atoms with Crippen molar-refractivity contribution in [1.29, 1.82) is 0 Å². The smallest absolute Gasteiger partial charge is 0.262 e. The lowest BCUT2D eigenvalue weighted by molar-refractivity contribution is -0.118. The van der Waals surface area contributed by atoms with Crippen molar-refractivity contribution in [3.8, 4) is 11.5 Å². The molecule has 0 unspecified atom stereocenters. The van der Waals surface area contributed by atoms with Gasteiger partial charge in [0.25, 0.3) is 5.91 Å². The molecule has 0 aliphatic carbocycles. The number of benzene rings is 2. The highest BCUT2D eigenvalue weighted by Crippen LogP contribution is 2.27. The summed E-state index contributed by atoms with van der Waals surface area (Å²) in [6.07, 6.45) is 1.43. The van der Waals surface area contributed by atoms with Crippen LogP contribution < -0.4 is 19.7 Å². The van der Waals surface area contributed by atoms with Crippen molar-refractivity contribution in [2.24, 2.45) is 0 Å². The second kappa shape index (κ2) is 8.10. The first kappa shape index (κ1) is 18.1. The fraction of sp³-hybridized carbons (Fsp3) is 0.263. The molecule has 2 aromatic rings. The molecule has 2 aromatic carbocycles. The number of ether oxygens (including phenoxy) is 2. The molecule has 7 heteroatoms. The molecule has 136 valence electrons. The monoisotopic (exact) mass is 374 g/mol.